The van der Waals surface area contributed by atoms with Gasteiger partial charge >= 0.3 is 0 Å². The molecule has 1 aromatic carbocycles. The number of nitrogens with two attached hydrogens (primary N) is 1. The summed E-state index contributed by atoms with van der Waals surface area (Å²) in [6.45, 7) is 4.02. The fourth-order valence-corrected chi connectivity index (χ4v) is 4.97. The van der Waals surface area contributed by atoms with Crippen molar-refractivity contribution >= 4 is 9.84 Å². The normalized spacial score (nSPS) is 18.7. The molecule has 0 aromatic heterocycles. The Morgan fingerprint density at radius 2 is 1.89 bits per heavy atom. The standard InChI is InChI=1S/C15H23NO2S/c1-11-7-8-14(12(2)9-11)15(16)10-19(17,18)13-5-3-4-6-13/h7-9,13,15H,3-6,10,16H2,1-2H3. The highest BCUT2D eigenvalue weighted by Crippen LogP contribution is 2.28. The molecule has 1 aliphatic rings. The Morgan fingerprint density at radius 1 is 1.26 bits per heavy atom. The molecular weight excluding hydrogens is 258 g/mol. The third kappa shape index (κ3) is 3.37. The molecule has 0 bridgehead atoms. The van der Waals surface area contributed by atoms with Gasteiger partial charge in [0.1, 0.15) is 0 Å². The van der Waals surface area contributed by atoms with Gasteiger partial charge in [0.15, 0.2) is 9.84 Å². The molecular formula is C15H23NO2S. The van der Waals surface area contributed by atoms with Crippen molar-refractivity contribution in [2.45, 2.75) is 50.8 Å². The first-order chi connectivity index (χ1) is 8.90. The number of hydrogen-bond donors (Lipinski definition) is 1. The molecule has 1 fully saturated rings. The summed E-state index contributed by atoms with van der Waals surface area (Å²) in [7, 11) is -3.06. The summed E-state index contributed by atoms with van der Waals surface area (Å²) in [6.07, 6.45) is 3.68. The van der Waals surface area contributed by atoms with Gasteiger partial charge in [-0.15, -0.1) is 0 Å². The number of benzene rings is 1. The molecule has 1 aromatic rings. The van der Waals surface area contributed by atoms with E-state index in [1.54, 1.807) is 0 Å². The summed E-state index contributed by atoms with van der Waals surface area (Å²) in [6, 6.07) is 5.59. The molecule has 0 aliphatic heterocycles. The fraction of sp³-hybridized carbons (Fsp3) is 0.600. The van der Waals surface area contributed by atoms with Crippen LogP contribution < -0.4 is 5.73 Å². The van der Waals surface area contributed by atoms with Gasteiger partial charge in [-0.1, -0.05) is 36.6 Å². The quantitative estimate of drug-likeness (QED) is 0.923. The lowest BCUT2D eigenvalue weighted by molar-refractivity contribution is 0.572. The van der Waals surface area contributed by atoms with Gasteiger partial charge in [-0.2, -0.15) is 0 Å². The van der Waals surface area contributed by atoms with Crippen molar-refractivity contribution in [1.82, 2.24) is 0 Å². The van der Waals surface area contributed by atoms with Crippen LogP contribution >= 0.6 is 0 Å². The van der Waals surface area contributed by atoms with Gasteiger partial charge in [-0.3, -0.25) is 0 Å². The predicted molar refractivity (Wildman–Crippen MR) is 78.9 cm³/mol. The zero-order chi connectivity index (χ0) is 14.0. The van der Waals surface area contributed by atoms with Gasteiger partial charge in [0.25, 0.3) is 0 Å². The lowest BCUT2D eigenvalue weighted by atomic mass is 10.0. The first kappa shape index (κ1) is 14.5. The predicted octanol–water partition coefficient (Wildman–Crippen LogP) is 2.66. The van der Waals surface area contributed by atoms with E-state index in [9.17, 15) is 8.42 Å². The molecule has 4 heteroatoms. The second-order valence-electron chi connectivity index (χ2n) is 5.70. The smallest absolute Gasteiger partial charge is 0.155 e. The Labute approximate surface area is 116 Å². The van der Waals surface area contributed by atoms with Crippen LogP contribution in [0.15, 0.2) is 18.2 Å². The number of hydrogen-bond acceptors (Lipinski definition) is 3. The Bertz CT molecular complexity index is 545. The third-order valence-electron chi connectivity index (χ3n) is 4.05. The van der Waals surface area contributed by atoms with Crippen LogP contribution in [0, 0.1) is 13.8 Å². The molecule has 1 saturated carbocycles. The van der Waals surface area contributed by atoms with Crippen molar-refractivity contribution in [3.63, 3.8) is 0 Å². The van der Waals surface area contributed by atoms with Gasteiger partial charge in [-0.05, 0) is 37.8 Å². The van der Waals surface area contributed by atoms with E-state index < -0.39 is 15.9 Å². The first-order valence-electron chi connectivity index (χ1n) is 6.94. The molecule has 2 N–H and O–H groups in total. The summed E-state index contributed by atoms with van der Waals surface area (Å²) in [5.74, 6) is 0.0710. The minimum absolute atomic E-state index is 0.0710. The lowest BCUT2D eigenvalue weighted by Gasteiger charge is -2.18. The van der Waals surface area contributed by atoms with Crippen LogP contribution in [0.5, 0.6) is 0 Å². The highest BCUT2D eigenvalue weighted by Gasteiger charge is 2.30. The van der Waals surface area contributed by atoms with E-state index in [2.05, 4.69) is 6.07 Å². The van der Waals surface area contributed by atoms with Crippen LogP contribution in [0.2, 0.25) is 0 Å². The lowest BCUT2D eigenvalue weighted by Crippen LogP contribution is -2.29. The van der Waals surface area contributed by atoms with Crippen molar-refractivity contribution < 1.29 is 8.42 Å². The van der Waals surface area contributed by atoms with Crippen molar-refractivity contribution in [3.8, 4) is 0 Å². The van der Waals surface area contributed by atoms with Crippen molar-refractivity contribution in [2.24, 2.45) is 5.73 Å². The molecule has 1 atom stereocenters. The average Bonchev–Trinajstić information content (AvgIpc) is 2.81. The van der Waals surface area contributed by atoms with Gasteiger partial charge in [-0.25, -0.2) is 8.42 Å². The highest BCUT2D eigenvalue weighted by molar-refractivity contribution is 7.92. The fourth-order valence-electron chi connectivity index (χ4n) is 2.97. The molecule has 1 unspecified atom stereocenters. The Kier molecular flexibility index (Phi) is 4.31. The number of sulfone groups is 1. The minimum Gasteiger partial charge on any atom is -0.323 e. The number of aryl methyl sites for hydroxylation is 2. The molecule has 1 aliphatic carbocycles. The molecule has 3 nitrogen and oxygen atoms in total. The maximum Gasteiger partial charge on any atom is 0.155 e. The SMILES string of the molecule is Cc1ccc(C(N)CS(=O)(=O)C2CCCC2)c(C)c1. The van der Waals surface area contributed by atoms with Crippen molar-refractivity contribution in [3.05, 3.63) is 34.9 Å². The van der Waals surface area contributed by atoms with Crippen LogP contribution in [0.4, 0.5) is 0 Å². The van der Waals surface area contributed by atoms with Crippen LogP contribution in [0.3, 0.4) is 0 Å². The molecule has 0 amide bonds. The Hall–Kier alpha value is -0.870. The maximum absolute atomic E-state index is 12.3. The van der Waals surface area contributed by atoms with Crippen LogP contribution in [0.1, 0.15) is 48.4 Å². The minimum atomic E-state index is -3.06. The summed E-state index contributed by atoms with van der Waals surface area (Å²) in [4.78, 5) is 0. The van der Waals surface area contributed by atoms with Gasteiger partial charge in [0.2, 0.25) is 0 Å². The molecule has 106 valence electrons. The van der Waals surface area contributed by atoms with E-state index in [1.165, 1.54) is 5.56 Å². The molecule has 0 heterocycles. The molecule has 2 rings (SSSR count). The average molecular weight is 281 g/mol. The third-order valence-corrected chi connectivity index (χ3v) is 6.36. The van der Waals surface area contributed by atoms with E-state index in [-0.39, 0.29) is 11.0 Å². The second-order valence-corrected chi connectivity index (χ2v) is 8.03. The summed E-state index contributed by atoms with van der Waals surface area (Å²) >= 11 is 0. The van der Waals surface area contributed by atoms with Gasteiger partial charge in [0, 0.05) is 6.04 Å². The van der Waals surface area contributed by atoms with E-state index in [0.29, 0.717) is 0 Å². The van der Waals surface area contributed by atoms with E-state index in [4.69, 9.17) is 5.73 Å². The van der Waals surface area contributed by atoms with Crippen LogP contribution in [-0.4, -0.2) is 19.4 Å². The van der Waals surface area contributed by atoms with E-state index in [0.717, 1.165) is 36.8 Å². The summed E-state index contributed by atoms with van der Waals surface area (Å²) in [5, 5.41) is -0.163. The Balaban J connectivity index is 2.14. The summed E-state index contributed by atoms with van der Waals surface area (Å²) in [5.41, 5.74) is 9.32. The van der Waals surface area contributed by atoms with Crippen molar-refractivity contribution in [1.29, 1.82) is 0 Å². The van der Waals surface area contributed by atoms with Gasteiger partial charge in [0.05, 0.1) is 11.0 Å². The zero-order valence-electron chi connectivity index (χ0n) is 11.7. The topological polar surface area (TPSA) is 60.2 Å². The van der Waals surface area contributed by atoms with Crippen LogP contribution in [-0.2, 0) is 9.84 Å². The van der Waals surface area contributed by atoms with Crippen LogP contribution in [0.25, 0.3) is 0 Å². The second kappa shape index (κ2) is 5.63. The van der Waals surface area contributed by atoms with Crippen molar-refractivity contribution in [2.75, 3.05) is 5.75 Å². The highest BCUT2D eigenvalue weighted by atomic mass is 32.2. The van der Waals surface area contributed by atoms with E-state index >= 15 is 0 Å². The molecule has 19 heavy (non-hydrogen) atoms. The molecule has 0 spiro atoms. The molecule has 0 radical (unpaired) electrons. The number of rotatable bonds is 4. The zero-order valence-corrected chi connectivity index (χ0v) is 12.5. The largest absolute Gasteiger partial charge is 0.323 e. The monoisotopic (exact) mass is 281 g/mol. The van der Waals surface area contributed by atoms with Gasteiger partial charge < -0.3 is 5.73 Å². The first-order valence-corrected chi connectivity index (χ1v) is 8.66. The molecule has 0 saturated heterocycles. The van der Waals surface area contributed by atoms with E-state index in [1.807, 2.05) is 26.0 Å². The summed E-state index contributed by atoms with van der Waals surface area (Å²) < 4.78 is 24.6. The maximum atomic E-state index is 12.3. The Morgan fingerprint density at radius 3 is 2.47 bits per heavy atom.